The van der Waals surface area contributed by atoms with Crippen molar-refractivity contribution < 1.29 is 32.3 Å². The Labute approximate surface area is 275 Å². The zero-order valence-corrected chi connectivity index (χ0v) is 26.2. The molecular formula is C29H17Cl3F3N3O5S2. The molecule has 2 N–H and O–H groups in total. The van der Waals surface area contributed by atoms with Crippen molar-refractivity contribution in [1.29, 1.82) is 0 Å². The molecule has 0 saturated carbocycles. The van der Waals surface area contributed by atoms with Gasteiger partial charge in [0.1, 0.15) is 11.0 Å². The van der Waals surface area contributed by atoms with Gasteiger partial charge < -0.3 is 15.0 Å². The third-order valence-corrected chi connectivity index (χ3v) is 10.5. The molecule has 0 bridgehead atoms. The number of thioether (sulfide) groups is 1. The standard InChI is InChI=1S/C29H17Cl3F3N3O5S2/c30-13-4-7-19(43-11-20(39)36-14-5-6-17(31)18(32)10-14)16(9-13)21-22-24(44-25-23(21)45-28(42)37-25)27(41)38(26(22)40)15-3-1-2-12(8-15)29(33,34)35/h1-10,21-22,24H,11H2,(H,36,39)(H,37,42)/t21-,22?,24?/m1/s1. The number of carbonyl (C=O) groups is 3. The van der Waals surface area contributed by atoms with E-state index in [0.29, 0.717) is 26.2 Å². The Hall–Kier alpha value is -3.49. The monoisotopic (exact) mass is 713 g/mol. The fraction of sp³-hybridized carbons (Fsp3) is 0.172. The average molecular weight is 715 g/mol. The Kier molecular flexibility index (Phi) is 8.42. The van der Waals surface area contributed by atoms with E-state index in [1.807, 2.05) is 0 Å². The van der Waals surface area contributed by atoms with Gasteiger partial charge >= 0.3 is 11.0 Å². The van der Waals surface area contributed by atoms with E-state index in [2.05, 4.69) is 10.3 Å². The molecule has 3 aromatic carbocycles. The molecule has 3 heterocycles. The van der Waals surface area contributed by atoms with Crippen LogP contribution in [0.25, 0.3) is 0 Å². The lowest BCUT2D eigenvalue weighted by Crippen LogP contribution is -2.32. The van der Waals surface area contributed by atoms with Gasteiger partial charge in [0.2, 0.25) is 11.8 Å². The van der Waals surface area contributed by atoms with Gasteiger partial charge in [-0.15, -0.1) is 0 Å². The van der Waals surface area contributed by atoms with Crippen LogP contribution in [0.4, 0.5) is 24.5 Å². The second-order valence-corrected chi connectivity index (χ2v) is 13.4. The number of H-pyrrole nitrogens is 1. The molecule has 2 aliphatic heterocycles. The number of benzene rings is 3. The first-order chi connectivity index (χ1) is 21.3. The second kappa shape index (κ2) is 12.0. The number of amides is 3. The smallest absolute Gasteiger partial charge is 0.416 e. The SMILES string of the molecule is O=C(COc1ccc(Cl)cc1[C@H]1c2sc(=O)[nH]c2SC2C(=O)N(c3cccc(C(F)(F)F)c3)C(=O)C21)Nc1ccc(Cl)c(Cl)c1. The second-order valence-electron chi connectivity index (χ2n) is 9.96. The summed E-state index contributed by atoms with van der Waals surface area (Å²) in [5, 5.41) is 2.66. The first-order valence-corrected chi connectivity index (χ1v) is 15.8. The largest absolute Gasteiger partial charge is 0.483 e. The number of anilines is 2. The fourth-order valence-corrected chi connectivity index (χ4v) is 8.22. The lowest BCUT2D eigenvalue weighted by atomic mass is 9.82. The third kappa shape index (κ3) is 6.07. The van der Waals surface area contributed by atoms with Crippen molar-refractivity contribution in [1.82, 2.24) is 4.98 Å². The molecule has 3 atom stereocenters. The van der Waals surface area contributed by atoms with Crippen molar-refractivity contribution in [2.75, 3.05) is 16.8 Å². The van der Waals surface area contributed by atoms with Gasteiger partial charge in [0.15, 0.2) is 6.61 Å². The van der Waals surface area contributed by atoms with Crippen molar-refractivity contribution in [3.63, 3.8) is 0 Å². The molecule has 16 heteroatoms. The number of halogens is 6. The van der Waals surface area contributed by atoms with Gasteiger partial charge in [0.25, 0.3) is 5.91 Å². The van der Waals surface area contributed by atoms with E-state index >= 15 is 0 Å². The van der Waals surface area contributed by atoms with Gasteiger partial charge in [-0.3, -0.25) is 19.2 Å². The van der Waals surface area contributed by atoms with E-state index < -0.39 is 58.0 Å². The number of thiazole rings is 1. The number of alkyl halides is 3. The Bertz CT molecular complexity index is 1930. The summed E-state index contributed by atoms with van der Waals surface area (Å²) < 4.78 is 46.3. The van der Waals surface area contributed by atoms with Gasteiger partial charge in [-0.2, -0.15) is 13.2 Å². The minimum atomic E-state index is -4.70. The summed E-state index contributed by atoms with van der Waals surface area (Å²) in [5.41, 5.74) is -0.573. The molecule has 6 rings (SSSR count). The summed E-state index contributed by atoms with van der Waals surface area (Å²) in [4.78, 5) is 56.3. The van der Waals surface area contributed by atoms with Gasteiger partial charge in [-0.1, -0.05) is 64.0 Å². The number of nitrogens with one attached hydrogen (secondary N) is 2. The summed E-state index contributed by atoms with van der Waals surface area (Å²) in [7, 11) is 0. The number of fused-ring (bicyclic) bond motifs is 2. The number of carbonyl (C=O) groups excluding carboxylic acids is 3. The molecule has 0 radical (unpaired) electrons. The quantitative estimate of drug-likeness (QED) is 0.204. The number of rotatable bonds is 6. The molecule has 0 aliphatic carbocycles. The molecule has 232 valence electrons. The average Bonchev–Trinajstić information content (AvgIpc) is 3.47. The van der Waals surface area contributed by atoms with Crippen LogP contribution in [-0.4, -0.2) is 34.6 Å². The molecule has 1 fully saturated rings. The molecule has 8 nitrogen and oxygen atoms in total. The van der Waals surface area contributed by atoms with Crippen molar-refractivity contribution in [2.24, 2.45) is 5.92 Å². The highest BCUT2D eigenvalue weighted by Crippen LogP contribution is 2.55. The number of nitrogens with zero attached hydrogens (tertiary/aromatic N) is 1. The highest BCUT2D eigenvalue weighted by atomic mass is 35.5. The van der Waals surface area contributed by atoms with E-state index in [9.17, 15) is 32.3 Å². The molecule has 2 unspecified atom stereocenters. The molecule has 1 aromatic heterocycles. The van der Waals surface area contributed by atoms with E-state index in [-0.39, 0.29) is 21.5 Å². The summed E-state index contributed by atoms with van der Waals surface area (Å²) in [6.07, 6.45) is -4.70. The predicted octanol–water partition coefficient (Wildman–Crippen LogP) is 7.23. The maximum atomic E-state index is 14.0. The number of hydrogen-bond donors (Lipinski definition) is 2. The van der Waals surface area contributed by atoms with Crippen molar-refractivity contribution in [2.45, 2.75) is 22.4 Å². The van der Waals surface area contributed by atoms with Crippen LogP contribution in [0.2, 0.25) is 15.1 Å². The molecular weight excluding hydrogens is 698 g/mol. The highest BCUT2D eigenvalue weighted by molar-refractivity contribution is 8.00. The fourth-order valence-electron chi connectivity index (χ4n) is 5.24. The number of aromatic nitrogens is 1. The summed E-state index contributed by atoms with van der Waals surface area (Å²) in [5.74, 6) is -4.00. The maximum absolute atomic E-state index is 14.0. The first kappa shape index (κ1) is 31.5. The molecule has 1 saturated heterocycles. The van der Waals surface area contributed by atoms with Crippen LogP contribution in [0.5, 0.6) is 5.75 Å². The minimum Gasteiger partial charge on any atom is -0.483 e. The van der Waals surface area contributed by atoms with E-state index in [4.69, 9.17) is 39.5 Å². The van der Waals surface area contributed by atoms with Gasteiger partial charge in [0.05, 0.1) is 32.2 Å². The van der Waals surface area contributed by atoms with Crippen LogP contribution in [0.3, 0.4) is 0 Å². The summed E-state index contributed by atoms with van der Waals surface area (Å²) >= 11 is 20.1. The topological polar surface area (TPSA) is 109 Å². The third-order valence-electron chi connectivity index (χ3n) is 7.12. The van der Waals surface area contributed by atoms with Crippen LogP contribution in [-0.2, 0) is 20.6 Å². The summed E-state index contributed by atoms with van der Waals surface area (Å²) in [6, 6.07) is 13.0. The van der Waals surface area contributed by atoms with Gasteiger partial charge in [-0.25, -0.2) is 4.90 Å². The molecule has 4 aromatic rings. The van der Waals surface area contributed by atoms with E-state index in [1.54, 1.807) is 6.07 Å². The first-order valence-electron chi connectivity index (χ1n) is 12.9. The summed E-state index contributed by atoms with van der Waals surface area (Å²) in [6.45, 7) is -0.482. The maximum Gasteiger partial charge on any atom is 0.416 e. The van der Waals surface area contributed by atoms with Gasteiger partial charge in [0, 0.05) is 27.1 Å². The van der Waals surface area contributed by atoms with Crippen LogP contribution in [0, 0.1) is 5.92 Å². The minimum absolute atomic E-state index is 0.143. The van der Waals surface area contributed by atoms with Crippen LogP contribution in [0.15, 0.2) is 70.5 Å². The predicted molar refractivity (Wildman–Crippen MR) is 166 cm³/mol. The number of imide groups is 1. The number of aromatic amines is 1. The van der Waals surface area contributed by atoms with E-state index in [1.165, 1.54) is 36.4 Å². The highest BCUT2D eigenvalue weighted by Gasteiger charge is 2.57. The Morgan fingerprint density at radius 2 is 1.76 bits per heavy atom. The van der Waals surface area contributed by atoms with Crippen molar-refractivity contribution in [3.8, 4) is 5.75 Å². The Morgan fingerprint density at radius 3 is 2.49 bits per heavy atom. The Morgan fingerprint density at radius 1 is 0.978 bits per heavy atom. The Balaban J connectivity index is 1.36. The van der Waals surface area contributed by atoms with E-state index in [0.717, 1.165) is 46.2 Å². The van der Waals surface area contributed by atoms with Crippen LogP contribution >= 0.6 is 57.9 Å². The van der Waals surface area contributed by atoms with Gasteiger partial charge in [-0.05, 0) is 54.6 Å². The van der Waals surface area contributed by atoms with Crippen LogP contribution < -0.4 is 19.8 Å². The molecule has 0 spiro atoms. The number of ether oxygens (including phenoxy) is 1. The van der Waals surface area contributed by atoms with Crippen LogP contribution in [0.1, 0.15) is 21.9 Å². The van der Waals surface area contributed by atoms with Crippen molar-refractivity contribution in [3.05, 3.63) is 101 Å². The zero-order valence-electron chi connectivity index (χ0n) is 22.3. The molecule has 2 aliphatic rings. The lowest BCUT2D eigenvalue weighted by Gasteiger charge is -2.31. The number of hydrogen-bond acceptors (Lipinski definition) is 7. The lowest BCUT2D eigenvalue weighted by molar-refractivity contribution is -0.137. The normalized spacial score (nSPS) is 19.3. The van der Waals surface area contributed by atoms with Crippen molar-refractivity contribution >= 4 is 87.0 Å². The zero-order chi connectivity index (χ0) is 32.2. The molecule has 45 heavy (non-hydrogen) atoms. The molecule has 3 amide bonds.